The summed E-state index contributed by atoms with van der Waals surface area (Å²) in [5.41, 5.74) is 0. The van der Waals surface area contributed by atoms with Gasteiger partial charge in [-0.15, -0.1) is 0 Å². The van der Waals surface area contributed by atoms with Crippen LogP contribution in [0.4, 0.5) is 0 Å². The highest BCUT2D eigenvalue weighted by Crippen LogP contribution is 2.17. The van der Waals surface area contributed by atoms with Gasteiger partial charge in [-0.05, 0) is 0 Å². The fraction of sp³-hybridized carbons (Fsp3) is 0. The van der Waals surface area contributed by atoms with Gasteiger partial charge in [-0.2, -0.15) is 0 Å². The second-order valence-corrected chi connectivity index (χ2v) is 3.99. The van der Waals surface area contributed by atoms with E-state index in [9.17, 15) is 19.6 Å². The number of hydrogen-bond donors (Lipinski definition) is 0. The van der Waals surface area contributed by atoms with Crippen molar-refractivity contribution >= 4 is 27.4 Å². The van der Waals surface area contributed by atoms with Crippen LogP contribution in [0.25, 0.3) is 0 Å². The van der Waals surface area contributed by atoms with Crippen molar-refractivity contribution in [1.82, 2.24) is 0 Å². The Labute approximate surface area is 72.0 Å². The molecule has 0 bridgehead atoms. The van der Waals surface area contributed by atoms with Crippen LogP contribution in [0.3, 0.4) is 0 Å². The fourth-order valence-corrected chi connectivity index (χ4v) is 2.20. The summed E-state index contributed by atoms with van der Waals surface area (Å²) in [6.45, 7) is 0. The first-order valence-corrected chi connectivity index (χ1v) is 5.36. The molecule has 4 nitrogen and oxygen atoms in total. The van der Waals surface area contributed by atoms with E-state index in [1.807, 2.05) is 0 Å². The monoisotopic (exact) mass is 202 g/mol. The molecule has 0 aromatic heterocycles. The first-order chi connectivity index (χ1) is 5.63. The Balaban J connectivity index is 3.09. The third-order valence-electron chi connectivity index (χ3n) is 1.28. The quantitative estimate of drug-likeness (QED) is 0.478. The first kappa shape index (κ1) is 10.0. The molecule has 1 rings (SSSR count). The van der Waals surface area contributed by atoms with E-state index in [2.05, 4.69) is 0 Å². The lowest BCUT2D eigenvalue weighted by molar-refractivity contribution is -0.290. The summed E-state index contributed by atoms with van der Waals surface area (Å²) in [7, 11) is -5.67. The van der Waals surface area contributed by atoms with E-state index >= 15 is 0 Å². The average molecular weight is 202 g/mol. The van der Waals surface area contributed by atoms with Crippen molar-refractivity contribution in [2.45, 2.75) is 0 Å². The molecule has 0 saturated heterocycles. The van der Waals surface area contributed by atoms with Crippen molar-refractivity contribution in [3.8, 4) is 0 Å². The van der Waals surface area contributed by atoms with Gasteiger partial charge in [0.05, 0.1) is 0 Å². The van der Waals surface area contributed by atoms with E-state index in [1.165, 1.54) is 24.3 Å². The third kappa shape index (κ3) is 2.20. The Morgan fingerprint density at radius 2 is 1.08 bits per heavy atom. The Kier molecular flexibility index (Phi) is 3.53. The van der Waals surface area contributed by atoms with Gasteiger partial charge in [0.15, 0.2) is 0 Å². The van der Waals surface area contributed by atoms with Crippen molar-refractivity contribution in [2.24, 2.45) is 0 Å². The lowest BCUT2D eigenvalue weighted by Crippen LogP contribution is -2.35. The van der Waals surface area contributed by atoms with Gasteiger partial charge in [0.1, 0.15) is 0 Å². The minimum absolute atomic E-state index is 0.149. The van der Waals surface area contributed by atoms with Gasteiger partial charge >= 0.3 is 0 Å². The van der Waals surface area contributed by atoms with Crippen LogP contribution >= 0.6 is 16.8 Å². The predicted molar refractivity (Wildman–Crippen MR) is 39.6 cm³/mol. The van der Waals surface area contributed by atoms with Crippen LogP contribution in [-0.4, -0.2) is 0 Å². The standard InChI is InChI=1S/C6H4O4P2/c7-11(8)5-3-1-2-4-6(5)12(9)10/h1-4H/q-4. The van der Waals surface area contributed by atoms with Gasteiger partial charge in [0.2, 0.25) is 0 Å². The highest BCUT2D eigenvalue weighted by Gasteiger charge is 1.93. The summed E-state index contributed by atoms with van der Waals surface area (Å²) in [6.07, 6.45) is 0. The van der Waals surface area contributed by atoms with E-state index in [1.54, 1.807) is 0 Å². The summed E-state index contributed by atoms with van der Waals surface area (Å²) in [6, 6.07) is 5.46. The molecular weight excluding hydrogens is 198 g/mol. The smallest absolute Gasteiger partial charge is 0.0510 e. The van der Waals surface area contributed by atoms with E-state index in [-0.39, 0.29) is 10.6 Å². The van der Waals surface area contributed by atoms with E-state index in [0.717, 1.165) is 0 Å². The molecule has 66 valence electrons. The molecule has 0 aliphatic heterocycles. The number of hydrogen-bond acceptors (Lipinski definition) is 4. The first-order valence-electron chi connectivity index (χ1n) is 3.00. The fourth-order valence-electron chi connectivity index (χ4n) is 0.773. The molecule has 0 N–H and O–H groups in total. The lowest BCUT2D eigenvalue weighted by atomic mass is 10.4. The van der Waals surface area contributed by atoms with Crippen LogP contribution in [0.5, 0.6) is 0 Å². The minimum atomic E-state index is -2.83. The van der Waals surface area contributed by atoms with Crippen molar-refractivity contribution < 1.29 is 19.6 Å². The maximum absolute atomic E-state index is 10.5. The van der Waals surface area contributed by atoms with E-state index in [0.29, 0.717) is 0 Å². The molecule has 0 heterocycles. The van der Waals surface area contributed by atoms with Crippen LogP contribution in [0.2, 0.25) is 0 Å². The number of rotatable bonds is 2. The zero-order chi connectivity index (χ0) is 9.14. The molecule has 0 saturated carbocycles. The van der Waals surface area contributed by atoms with Gasteiger partial charge in [-0.1, -0.05) is 34.9 Å². The summed E-state index contributed by atoms with van der Waals surface area (Å²) in [5, 5.41) is -0.299. The SMILES string of the molecule is [O-]P([O-])c1ccccc1P([O-])[O-]. The summed E-state index contributed by atoms with van der Waals surface area (Å²) >= 11 is 0. The molecule has 12 heavy (non-hydrogen) atoms. The Bertz CT molecular complexity index is 236. The van der Waals surface area contributed by atoms with Crippen LogP contribution < -0.4 is 30.2 Å². The van der Waals surface area contributed by atoms with Crippen molar-refractivity contribution in [3.63, 3.8) is 0 Å². The highest BCUT2D eigenvalue weighted by molar-refractivity contribution is 7.58. The molecule has 6 heteroatoms. The largest absolute Gasteiger partial charge is 0.838 e. The molecule has 1 aromatic carbocycles. The highest BCUT2D eigenvalue weighted by atomic mass is 31.2. The van der Waals surface area contributed by atoms with Crippen molar-refractivity contribution in [2.75, 3.05) is 0 Å². The molecule has 1 aromatic rings. The zero-order valence-corrected chi connectivity index (χ0v) is 7.63. The predicted octanol–water partition coefficient (Wildman–Crippen LogP) is -3.00. The van der Waals surface area contributed by atoms with Crippen LogP contribution in [-0.2, 0) is 0 Å². The van der Waals surface area contributed by atoms with E-state index < -0.39 is 16.8 Å². The van der Waals surface area contributed by atoms with Crippen molar-refractivity contribution in [1.29, 1.82) is 0 Å². The second-order valence-electron chi connectivity index (χ2n) is 2.00. The summed E-state index contributed by atoms with van der Waals surface area (Å²) < 4.78 is 0. The molecule has 0 aliphatic rings. The zero-order valence-electron chi connectivity index (χ0n) is 5.84. The molecule has 0 aliphatic carbocycles. The van der Waals surface area contributed by atoms with Gasteiger partial charge in [-0.25, -0.2) is 0 Å². The molecule has 0 amide bonds. The maximum atomic E-state index is 10.5. The topological polar surface area (TPSA) is 92.2 Å². The molecule has 0 radical (unpaired) electrons. The van der Waals surface area contributed by atoms with Crippen LogP contribution in [0, 0.1) is 0 Å². The Morgan fingerprint density at radius 1 is 0.750 bits per heavy atom. The molecule has 0 fully saturated rings. The third-order valence-corrected chi connectivity index (χ3v) is 3.02. The number of benzene rings is 1. The van der Waals surface area contributed by atoms with Gasteiger partial charge in [0, 0.05) is 0 Å². The maximum Gasteiger partial charge on any atom is -0.0510 e. The molecule has 0 atom stereocenters. The van der Waals surface area contributed by atoms with Crippen molar-refractivity contribution in [3.05, 3.63) is 24.3 Å². The normalized spacial score (nSPS) is 11.2. The molecule has 0 unspecified atom stereocenters. The summed E-state index contributed by atoms with van der Waals surface area (Å²) in [4.78, 5) is 42.0. The average Bonchev–Trinajstić information content (AvgIpc) is 2.04. The van der Waals surface area contributed by atoms with Gasteiger partial charge in [0.25, 0.3) is 0 Å². The Morgan fingerprint density at radius 3 is 1.33 bits per heavy atom. The molecular formula is C6H4O4P2-4. The Hall–Kier alpha value is -0.0800. The minimum Gasteiger partial charge on any atom is -0.838 e. The van der Waals surface area contributed by atoms with Gasteiger partial charge in [-0.3, -0.25) is 16.8 Å². The van der Waals surface area contributed by atoms with Crippen LogP contribution in [0.1, 0.15) is 0 Å². The van der Waals surface area contributed by atoms with Crippen LogP contribution in [0.15, 0.2) is 24.3 Å². The lowest BCUT2D eigenvalue weighted by Gasteiger charge is -2.40. The molecule has 0 spiro atoms. The van der Waals surface area contributed by atoms with Gasteiger partial charge < -0.3 is 19.6 Å². The van der Waals surface area contributed by atoms with E-state index in [4.69, 9.17) is 0 Å². The second kappa shape index (κ2) is 4.24. The summed E-state index contributed by atoms with van der Waals surface area (Å²) in [5.74, 6) is 0.